The van der Waals surface area contributed by atoms with E-state index < -0.39 is 0 Å². The zero-order valence-electron chi connectivity index (χ0n) is 14.5. The summed E-state index contributed by atoms with van der Waals surface area (Å²) < 4.78 is 19.9. The first-order valence-corrected chi connectivity index (χ1v) is 9.22. The topological polar surface area (TPSA) is 15.7 Å². The summed E-state index contributed by atoms with van der Waals surface area (Å²) in [5, 5.41) is 0. The van der Waals surface area contributed by atoms with Crippen LogP contribution in [0.5, 0.6) is 0 Å². The van der Waals surface area contributed by atoms with Crippen LogP contribution in [0.15, 0.2) is 48.5 Å². The van der Waals surface area contributed by atoms with Gasteiger partial charge in [0, 0.05) is 32.7 Å². The SMILES string of the molecule is Fc1ccccc1N1CCN(CCC2OCCc3ccccc32)CC1. The number of para-hydroxylation sites is 1. The van der Waals surface area contributed by atoms with E-state index in [2.05, 4.69) is 34.1 Å². The van der Waals surface area contributed by atoms with Crippen molar-refractivity contribution in [3.8, 4) is 0 Å². The Labute approximate surface area is 149 Å². The molecule has 1 unspecified atom stereocenters. The van der Waals surface area contributed by atoms with Crippen LogP contribution in [0, 0.1) is 5.82 Å². The summed E-state index contributed by atoms with van der Waals surface area (Å²) in [6, 6.07) is 15.7. The lowest BCUT2D eigenvalue weighted by molar-refractivity contribution is 0.0289. The molecule has 4 heteroatoms. The van der Waals surface area contributed by atoms with Crippen LogP contribution >= 0.6 is 0 Å². The van der Waals surface area contributed by atoms with E-state index in [4.69, 9.17) is 4.74 Å². The molecule has 3 nitrogen and oxygen atoms in total. The lowest BCUT2D eigenvalue weighted by Crippen LogP contribution is -2.47. The number of hydrogen-bond donors (Lipinski definition) is 0. The Kier molecular flexibility index (Phi) is 4.99. The second-order valence-electron chi connectivity index (χ2n) is 6.88. The quantitative estimate of drug-likeness (QED) is 0.845. The van der Waals surface area contributed by atoms with Gasteiger partial charge in [-0.05, 0) is 36.1 Å². The number of fused-ring (bicyclic) bond motifs is 1. The number of hydrogen-bond acceptors (Lipinski definition) is 3. The van der Waals surface area contributed by atoms with Crippen LogP contribution in [0.2, 0.25) is 0 Å². The first kappa shape index (κ1) is 16.6. The molecule has 4 rings (SSSR count). The maximum absolute atomic E-state index is 13.9. The van der Waals surface area contributed by atoms with Gasteiger partial charge in [-0.25, -0.2) is 4.39 Å². The van der Waals surface area contributed by atoms with E-state index in [0.717, 1.165) is 57.9 Å². The van der Waals surface area contributed by atoms with Gasteiger partial charge in [0.2, 0.25) is 0 Å². The predicted octanol–water partition coefficient (Wildman–Crippen LogP) is 3.65. The molecule has 1 atom stereocenters. The molecule has 0 bridgehead atoms. The van der Waals surface area contributed by atoms with Crippen molar-refractivity contribution in [3.05, 3.63) is 65.5 Å². The highest BCUT2D eigenvalue weighted by Crippen LogP contribution is 2.30. The van der Waals surface area contributed by atoms with Gasteiger partial charge >= 0.3 is 0 Å². The second-order valence-corrected chi connectivity index (χ2v) is 6.88. The zero-order valence-corrected chi connectivity index (χ0v) is 14.5. The van der Waals surface area contributed by atoms with E-state index in [-0.39, 0.29) is 11.9 Å². The molecule has 2 aliphatic heterocycles. The fraction of sp³-hybridized carbons (Fsp3) is 0.429. The van der Waals surface area contributed by atoms with Crippen LogP contribution in [-0.4, -0.2) is 44.2 Å². The molecule has 0 aromatic heterocycles. The molecule has 0 radical (unpaired) electrons. The van der Waals surface area contributed by atoms with Crippen molar-refractivity contribution in [3.63, 3.8) is 0 Å². The smallest absolute Gasteiger partial charge is 0.146 e. The minimum atomic E-state index is -0.122. The van der Waals surface area contributed by atoms with Crippen LogP contribution in [0.4, 0.5) is 10.1 Å². The number of ether oxygens (including phenoxy) is 1. The Morgan fingerprint density at radius 3 is 2.56 bits per heavy atom. The average molecular weight is 340 g/mol. The lowest BCUT2D eigenvalue weighted by Gasteiger charge is -2.37. The van der Waals surface area contributed by atoms with Crippen molar-refractivity contribution in [1.29, 1.82) is 0 Å². The van der Waals surface area contributed by atoms with Crippen LogP contribution in [-0.2, 0) is 11.2 Å². The van der Waals surface area contributed by atoms with Crippen LogP contribution in [0.25, 0.3) is 0 Å². The van der Waals surface area contributed by atoms with Gasteiger partial charge in [-0.3, -0.25) is 4.90 Å². The van der Waals surface area contributed by atoms with Crippen molar-refractivity contribution in [1.82, 2.24) is 4.90 Å². The standard InChI is InChI=1S/C21H25FN2O/c22-19-7-3-4-8-20(19)24-14-12-23(13-15-24)11-9-21-18-6-2-1-5-17(18)10-16-25-21/h1-8,21H,9-16H2. The van der Waals surface area contributed by atoms with E-state index >= 15 is 0 Å². The molecule has 0 N–H and O–H groups in total. The zero-order chi connectivity index (χ0) is 17.1. The molecule has 25 heavy (non-hydrogen) atoms. The normalized spacial score (nSPS) is 21.2. The maximum Gasteiger partial charge on any atom is 0.146 e. The molecule has 1 saturated heterocycles. The third-order valence-electron chi connectivity index (χ3n) is 5.37. The molecular weight excluding hydrogens is 315 g/mol. The van der Waals surface area contributed by atoms with Crippen molar-refractivity contribution < 1.29 is 9.13 Å². The number of nitrogens with zero attached hydrogens (tertiary/aromatic N) is 2. The molecule has 0 spiro atoms. The Morgan fingerprint density at radius 1 is 0.960 bits per heavy atom. The average Bonchev–Trinajstić information content (AvgIpc) is 2.67. The van der Waals surface area contributed by atoms with Gasteiger partial charge in [-0.2, -0.15) is 0 Å². The minimum absolute atomic E-state index is 0.122. The van der Waals surface area contributed by atoms with Crippen LogP contribution in [0.3, 0.4) is 0 Å². The van der Waals surface area contributed by atoms with E-state index in [1.165, 1.54) is 11.1 Å². The summed E-state index contributed by atoms with van der Waals surface area (Å²) in [6.45, 7) is 5.56. The number of anilines is 1. The summed E-state index contributed by atoms with van der Waals surface area (Å²) in [4.78, 5) is 4.62. The first-order chi connectivity index (χ1) is 12.3. The molecule has 132 valence electrons. The highest BCUT2D eigenvalue weighted by molar-refractivity contribution is 5.48. The summed E-state index contributed by atoms with van der Waals surface area (Å²) >= 11 is 0. The molecule has 2 aromatic rings. The number of piperazine rings is 1. The summed E-state index contributed by atoms with van der Waals surface area (Å²) in [5.41, 5.74) is 3.52. The van der Waals surface area contributed by atoms with Gasteiger partial charge in [0.05, 0.1) is 18.4 Å². The highest BCUT2D eigenvalue weighted by Gasteiger charge is 2.23. The number of benzene rings is 2. The summed E-state index contributed by atoms with van der Waals surface area (Å²) in [5.74, 6) is -0.122. The third-order valence-corrected chi connectivity index (χ3v) is 5.37. The lowest BCUT2D eigenvalue weighted by atomic mass is 9.95. The van der Waals surface area contributed by atoms with E-state index in [0.29, 0.717) is 0 Å². The molecule has 2 heterocycles. The second kappa shape index (κ2) is 7.54. The van der Waals surface area contributed by atoms with Crippen LogP contribution in [0.1, 0.15) is 23.7 Å². The molecular formula is C21H25FN2O. The fourth-order valence-electron chi connectivity index (χ4n) is 3.94. The Balaban J connectivity index is 1.31. The van der Waals surface area contributed by atoms with Crippen molar-refractivity contribution in [2.45, 2.75) is 18.9 Å². The van der Waals surface area contributed by atoms with E-state index in [1.807, 2.05) is 12.1 Å². The fourth-order valence-corrected chi connectivity index (χ4v) is 3.94. The van der Waals surface area contributed by atoms with Gasteiger partial charge in [0.15, 0.2) is 0 Å². The van der Waals surface area contributed by atoms with Gasteiger partial charge in [-0.1, -0.05) is 36.4 Å². The maximum atomic E-state index is 13.9. The van der Waals surface area contributed by atoms with Crippen molar-refractivity contribution in [2.24, 2.45) is 0 Å². The summed E-state index contributed by atoms with van der Waals surface area (Å²) in [7, 11) is 0. The minimum Gasteiger partial charge on any atom is -0.373 e. The van der Waals surface area contributed by atoms with Crippen molar-refractivity contribution in [2.75, 3.05) is 44.2 Å². The van der Waals surface area contributed by atoms with Crippen LogP contribution < -0.4 is 4.90 Å². The molecule has 2 aliphatic rings. The Hall–Kier alpha value is -1.91. The molecule has 0 amide bonds. The Bertz CT molecular complexity index is 713. The molecule has 0 saturated carbocycles. The van der Waals surface area contributed by atoms with Crippen molar-refractivity contribution >= 4 is 5.69 Å². The van der Waals surface area contributed by atoms with Gasteiger partial charge in [0.1, 0.15) is 5.82 Å². The summed E-state index contributed by atoms with van der Waals surface area (Å²) in [6.07, 6.45) is 2.26. The number of rotatable bonds is 4. The predicted molar refractivity (Wildman–Crippen MR) is 98.5 cm³/mol. The molecule has 1 fully saturated rings. The van der Waals surface area contributed by atoms with Gasteiger partial charge in [0.25, 0.3) is 0 Å². The van der Waals surface area contributed by atoms with Gasteiger partial charge < -0.3 is 9.64 Å². The highest BCUT2D eigenvalue weighted by atomic mass is 19.1. The van der Waals surface area contributed by atoms with E-state index in [9.17, 15) is 4.39 Å². The third kappa shape index (κ3) is 3.70. The van der Waals surface area contributed by atoms with E-state index in [1.54, 1.807) is 12.1 Å². The largest absolute Gasteiger partial charge is 0.373 e. The van der Waals surface area contributed by atoms with Gasteiger partial charge in [-0.15, -0.1) is 0 Å². The molecule has 0 aliphatic carbocycles. The Morgan fingerprint density at radius 2 is 1.72 bits per heavy atom. The number of halogens is 1. The molecule has 2 aromatic carbocycles. The first-order valence-electron chi connectivity index (χ1n) is 9.22. The monoisotopic (exact) mass is 340 g/mol.